The summed E-state index contributed by atoms with van der Waals surface area (Å²) in [5, 5.41) is 2.06. The van der Waals surface area contributed by atoms with Gasteiger partial charge in [-0.2, -0.15) is 0 Å². The lowest BCUT2D eigenvalue weighted by Gasteiger charge is -2.14. The van der Waals surface area contributed by atoms with Gasteiger partial charge in [-0.05, 0) is 37.4 Å². The molecular weight excluding hydrogens is 318 g/mol. The fraction of sp³-hybridized carbons (Fsp3) is 0.375. The Morgan fingerprint density at radius 3 is 2.82 bits per heavy atom. The predicted molar refractivity (Wildman–Crippen MR) is 90.0 cm³/mol. The van der Waals surface area contributed by atoms with E-state index in [4.69, 9.17) is 9.47 Å². The number of hydrogen-bond donors (Lipinski definition) is 0. The minimum atomic E-state index is -0.625. The highest BCUT2D eigenvalue weighted by Gasteiger charge is 2.58. The molecule has 2 aromatic heterocycles. The molecule has 1 unspecified atom stereocenters. The van der Waals surface area contributed by atoms with E-state index in [9.17, 15) is 4.79 Å². The molecule has 3 atom stereocenters. The average molecular weight is 335 g/mol. The minimum Gasteiger partial charge on any atom is -0.467 e. The molecule has 4 nitrogen and oxygen atoms in total. The zero-order chi connectivity index (χ0) is 15.7. The van der Waals surface area contributed by atoms with Gasteiger partial charge in [-0.25, -0.2) is 4.79 Å². The largest absolute Gasteiger partial charge is 0.467 e. The zero-order valence-electron chi connectivity index (χ0n) is 12.6. The molecule has 3 rings (SSSR count). The summed E-state index contributed by atoms with van der Waals surface area (Å²) in [5.41, 5.74) is -0.558. The lowest BCUT2D eigenvalue weighted by atomic mass is 9.99. The molecular formula is C16H17NO3S2. The maximum atomic E-state index is 11.9. The fourth-order valence-electron chi connectivity index (χ4n) is 2.31. The first-order valence-corrected chi connectivity index (χ1v) is 8.67. The predicted octanol–water partition coefficient (Wildman–Crippen LogP) is 3.61. The van der Waals surface area contributed by atoms with Gasteiger partial charge in [-0.1, -0.05) is 6.07 Å². The quantitative estimate of drug-likeness (QED) is 0.476. The number of thiophene rings is 2. The SMILES string of the molecule is COC(=O)[C@@H](N=Cc1ccc(-c2cccs2)s1)[C@]1(C)OC1C. The second-order valence-electron chi connectivity index (χ2n) is 5.33. The molecule has 0 aliphatic carbocycles. The van der Waals surface area contributed by atoms with Gasteiger partial charge < -0.3 is 9.47 Å². The molecule has 1 saturated heterocycles. The van der Waals surface area contributed by atoms with Gasteiger partial charge in [-0.3, -0.25) is 4.99 Å². The van der Waals surface area contributed by atoms with Crippen molar-refractivity contribution in [3.05, 3.63) is 34.5 Å². The number of nitrogens with zero attached hydrogens (tertiary/aromatic N) is 1. The maximum absolute atomic E-state index is 11.9. The highest BCUT2D eigenvalue weighted by molar-refractivity contribution is 7.22. The molecule has 0 aromatic carbocycles. The molecule has 1 aliphatic rings. The van der Waals surface area contributed by atoms with Crippen molar-refractivity contribution in [1.29, 1.82) is 0 Å². The minimum absolute atomic E-state index is 0.0127. The van der Waals surface area contributed by atoms with Gasteiger partial charge in [0.2, 0.25) is 0 Å². The van der Waals surface area contributed by atoms with Crippen LogP contribution in [0.15, 0.2) is 34.6 Å². The number of methoxy groups -OCH3 is 1. The van der Waals surface area contributed by atoms with Crippen LogP contribution in [0.5, 0.6) is 0 Å². The first kappa shape index (κ1) is 15.4. The molecule has 0 amide bonds. The molecule has 116 valence electrons. The molecule has 22 heavy (non-hydrogen) atoms. The highest BCUT2D eigenvalue weighted by Crippen LogP contribution is 2.41. The van der Waals surface area contributed by atoms with Crippen molar-refractivity contribution in [3.63, 3.8) is 0 Å². The Hall–Kier alpha value is -1.50. The van der Waals surface area contributed by atoms with Crippen LogP contribution in [0, 0.1) is 0 Å². The van der Waals surface area contributed by atoms with Crippen molar-refractivity contribution in [1.82, 2.24) is 0 Å². The normalized spacial score (nSPS) is 25.3. The van der Waals surface area contributed by atoms with Crippen LogP contribution in [0.25, 0.3) is 9.75 Å². The van der Waals surface area contributed by atoms with E-state index < -0.39 is 11.6 Å². The van der Waals surface area contributed by atoms with E-state index >= 15 is 0 Å². The molecule has 2 aromatic rings. The molecule has 1 aliphatic heterocycles. The third-order valence-corrected chi connectivity index (χ3v) is 5.98. The Morgan fingerprint density at radius 1 is 1.45 bits per heavy atom. The van der Waals surface area contributed by atoms with Crippen LogP contribution in [0.4, 0.5) is 0 Å². The monoisotopic (exact) mass is 335 g/mol. The van der Waals surface area contributed by atoms with Crippen LogP contribution >= 0.6 is 22.7 Å². The van der Waals surface area contributed by atoms with Crippen molar-refractivity contribution in [2.75, 3.05) is 7.11 Å². The number of carbonyl (C=O) groups is 1. The fourth-order valence-corrected chi connectivity index (χ4v) is 4.03. The van der Waals surface area contributed by atoms with E-state index in [1.807, 2.05) is 26.0 Å². The average Bonchev–Trinajstić information content (AvgIpc) is 2.99. The Morgan fingerprint density at radius 2 is 2.23 bits per heavy atom. The number of esters is 1. The number of hydrogen-bond acceptors (Lipinski definition) is 6. The molecule has 1 fully saturated rings. The second kappa shape index (κ2) is 5.95. The van der Waals surface area contributed by atoms with Crippen LogP contribution < -0.4 is 0 Å². The lowest BCUT2D eigenvalue weighted by Crippen LogP contribution is -2.35. The van der Waals surface area contributed by atoms with Crippen molar-refractivity contribution >= 4 is 34.9 Å². The van der Waals surface area contributed by atoms with Gasteiger partial charge in [0, 0.05) is 20.8 Å². The van der Waals surface area contributed by atoms with Crippen molar-refractivity contribution < 1.29 is 14.3 Å². The summed E-state index contributed by atoms with van der Waals surface area (Å²) in [6.07, 6.45) is 1.75. The number of rotatable bonds is 5. The van der Waals surface area contributed by atoms with Crippen molar-refractivity contribution in [2.24, 2.45) is 4.99 Å². The van der Waals surface area contributed by atoms with Gasteiger partial charge in [-0.15, -0.1) is 22.7 Å². The van der Waals surface area contributed by atoms with Crippen molar-refractivity contribution in [2.45, 2.75) is 31.6 Å². The van der Waals surface area contributed by atoms with Gasteiger partial charge >= 0.3 is 5.97 Å². The summed E-state index contributed by atoms with van der Waals surface area (Å²) >= 11 is 3.36. The zero-order valence-corrected chi connectivity index (χ0v) is 14.2. The van der Waals surface area contributed by atoms with Crippen molar-refractivity contribution in [3.8, 4) is 9.75 Å². The summed E-state index contributed by atoms with van der Waals surface area (Å²) < 4.78 is 10.4. The highest BCUT2D eigenvalue weighted by atomic mass is 32.1. The summed E-state index contributed by atoms with van der Waals surface area (Å²) in [4.78, 5) is 19.8. The summed E-state index contributed by atoms with van der Waals surface area (Å²) in [7, 11) is 1.38. The number of epoxide rings is 1. The number of carbonyl (C=O) groups excluding carboxylic acids is 1. The molecule has 6 heteroatoms. The topological polar surface area (TPSA) is 51.2 Å². The first-order valence-electron chi connectivity index (χ1n) is 6.97. The number of aliphatic imine (C=N–C) groups is 1. The Kier molecular flexibility index (Phi) is 4.16. The van der Waals surface area contributed by atoms with E-state index in [0.717, 1.165) is 4.88 Å². The Labute approximate surface area is 137 Å². The molecule has 0 N–H and O–H groups in total. The third kappa shape index (κ3) is 2.86. The molecule has 0 bridgehead atoms. The smallest absolute Gasteiger partial charge is 0.333 e. The molecule has 0 radical (unpaired) electrons. The molecule has 3 heterocycles. The molecule has 0 saturated carbocycles. The van der Waals surface area contributed by atoms with E-state index in [2.05, 4.69) is 22.5 Å². The van der Waals surface area contributed by atoms with E-state index in [0.29, 0.717) is 0 Å². The van der Waals surface area contributed by atoms with E-state index in [-0.39, 0.29) is 12.1 Å². The first-order chi connectivity index (χ1) is 10.5. The Bertz CT molecular complexity index is 692. The van der Waals surface area contributed by atoms with E-state index in [1.165, 1.54) is 16.9 Å². The third-order valence-electron chi connectivity index (χ3n) is 3.89. The van der Waals surface area contributed by atoms with Crippen LogP contribution in [-0.4, -0.2) is 37.0 Å². The van der Waals surface area contributed by atoms with Gasteiger partial charge in [0.25, 0.3) is 0 Å². The summed E-state index contributed by atoms with van der Waals surface area (Å²) in [5.74, 6) is -0.363. The summed E-state index contributed by atoms with van der Waals surface area (Å²) in [6, 6.07) is 7.59. The van der Waals surface area contributed by atoms with Gasteiger partial charge in [0.05, 0.1) is 13.2 Å². The van der Waals surface area contributed by atoms with Crippen LogP contribution in [-0.2, 0) is 14.3 Å². The van der Waals surface area contributed by atoms with Gasteiger partial charge in [0.15, 0.2) is 6.04 Å². The second-order valence-corrected chi connectivity index (χ2v) is 7.39. The van der Waals surface area contributed by atoms with Crippen LogP contribution in [0.2, 0.25) is 0 Å². The number of ether oxygens (including phenoxy) is 2. The molecule has 0 spiro atoms. The lowest BCUT2D eigenvalue weighted by molar-refractivity contribution is -0.143. The van der Waals surface area contributed by atoms with E-state index in [1.54, 1.807) is 28.9 Å². The standard InChI is InChI=1S/C16H17NO3S2/c1-10-16(2,20-10)14(15(18)19-3)17-9-11-6-7-13(22-11)12-5-4-8-21-12/h4-10,14H,1-3H3/t10?,14-,16-/m1/s1. The maximum Gasteiger partial charge on any atom is 0.333 e. The summed E-state index contributed by atoms with van der Waals surface area (Å²) in [6.45, 7) is 3.83. The van der Waals surface area contributed by atoms with Crippen LogP contribution in [0.1, 0.15) is 18.7 Å². The Balaban J connectivity index is 1.78. The van der Waals surface area contributed by atoms with Gasteiger partial charge in [0.1, 0.15) is 5.60 Å². The van der Waals surface area contributed by atoms with Crippen LogP contribution in [0.3, 0.4) is 0 Å².